The Morgan fingerprint density at radius 2 is 1.89 bits per heavy atom. The van der Waals surface area contributed by atoms with E-state index in [1.54, 1.807) is 24.3 Å². The molecular weight excluding hydrogens is 240 g/mol. The first-order valence-electron chi connectivity index (χ1n) is 6.57. The van der Waals surface area contributed by atoms with E-state index in [-0.39, 0.29) is 17.9 Å². The molecule has 0 saturated heterocycles. The molecule has 0 heterocycles. The fraction of sp³-hybridized carbons (Fsp3) is 0.467. The van der Waals surface area contributed by atoms with Crippen LogP contribution in [0.4, 0.5) is 10.5 Å². The maximum Gasteiger partial charge on any atom is 0.319 e. The van der Waals surface area contributed by atoms with Gasteiger partial charge >= 0.3 is 6.03 Å². The number of carbonyl (C=O) groups excluding carboxylic acids is 2. The van der Waals surface area contributed by atoms with E-state index >= 15 is 0 Å². The third kappa shape index (κ3) is 5.55. The van der Waals surface area contributed by atoms with Crippen LogP contribution in [0.25, 0.3) is 0 Å². The van der Waals surface area contributed by atoms with Gasteiger partial charge in [0.2, 0.25) is 0 Å². The summed E-state index contributed by atoms with van der Waals surface area (Å²) in [6, 6.07) is 6.80. The van der Waals surface area contributed by atoms with Crippen LogP contribution < -0.4 is 10.6 Å². The lowest BCUT2D eigenvalue weighted by Crippen LogP contribution is -2.36. The molecule has 104 valence electrons. The largest absolute Gasteiger partial charge is 0.335 e. The molecule has 0 radical (unpaired) electrons. The Balaban J connectivity index is 2.57. The molecule has 0 saturated carbocycles. The lowest BCUT2D eigenvalue weighted by molar-refractivity contribution is 0.101. The molecule has 2 N–H and O–H groups in total. The third-order valence-electron chi connectivity index (χ3n) is 2.73. The van der Waals surface area contributed by atoms with Gasteiger partial charge in [-0.05, 0) is 38.3 Å². The van der Waals surface area contributed by atoms with Crippen molar-refractivity contribution in [2.75, 3.05) is 5.32 Å². The van der Waals surface area contributed by atoms with Crippen LogP contribution in [0.2, 0.25) is 0 Å². The molecule has 0 aliphatic carbocycles. The number of hydrogen-bond acceptors (Lipinski definition) is 2. The van der Waals surface area contributed by atoms with Crippen molar-refractivity contribution in [3.8, 4) is 0 Å². The van der Waals surface area contributed by atoms with E-state index in [9.17, 15) is 9.59 Å². The van der Waals surface area contributed by atoms with Gasteiger partial charge in [-0.2, -0.15) is 0 Å². The first kappa shape index (κ1) is 15.2. The lowest BCUT2D eigenvalue weighted by Gasteiger charge is -2.16. The molecule has 0 bridgehead atoms. The first-order valence-corrected chi connectivity index (χ1v) is 6.57. The molecule has 0 aliphatic heterocycles. The van der Waals surface area contributed by atoms with Crippen LogP contribution in [-0.2, 0) is 0 Å². The topological polar surface area (TPSA) is 58.2 Å². The monoisotopic (exact) mass is 262 g/mol. The molecule has 1 aromatic rings. The van der Waals surface area contributed by atoms with E-state index in [4.69, 9.17) is 0 Å². The molecule has 1 rings (SSSR count). The van der Waals surface area contributed by atoms with Crippen LogP contribution >= 0.6 is 0 Å². The molecule has 0 fully saturated rings. The van der Waals surface area contributed by atoms with Gasteiger partial charge in [0.25, 0.3) is 0 Å². The third-order valence-corrected chi connectivity index (χ3v) is 2.73. The average Bonchev–Trinajstić information content (AvgIpc) is 2.27. The summed E-state index contributed by atoms with van der Waals surface area (Å²) in [6.07, 6.45) is 0.931. The van der Waals surface area contributed by atoms with Gasteiger partial charge in [-0.25, -0.2) is 4.79 Å². The second-order valence-corrected chi connectivity index (χ2v) is 5.27. The van der Waals surface area contributed by atoms with E-state index in [0.717, 1.165) is 6.42 Å². The number of benzene rings is 1. The maximum absolute atomic E-state index is 11.8. The minimum Gasteiger partial charge on any atom is -0.335 e. The number of ketones is 1. The molecule has 2 amide bonds. The Morgan fingerprint density at radius 1 is 1.21 bits per heavy atom. The molecule has 1 unspecified atom stereocenters. The number of hydrogen-bond donors (Lipinski definition) is 2. The van der Waals surface area contributed by atoms with Crippen molar-refractivity contribution in [2.24, 2.45) is 5.92 Å². The molecule has 1 atom stereocenters. The van der Waals surface area contributed by atoms with Crippen molar-refractivity contribution in [3.05, 3.63) is 29.8 Å². The first-order chi connectivity index (χ1) is 8.88. The number of Topliss-reactive ketones (excluding diaryl/α,β-unsaturated/α-hetero) is 1. The van der Waals surface area contributed by atoms with Crippen LogP contribution in [0.5, 0.6) is 0 Å². The Hall–Kier alpha value is -1.84. The lowest BCUT2D eigenvalue weighted by atomic mass is 10.1. The van der Waals surface area contributed by atoms with Gasteiger partial charge < -0.3 is 10.6 Å². The zero-order chi connectivity index (χ0) is 14.4. The highest BCUT2D eigenvalue weighted by molar-refractivity contribution is 5.96. The van der Waals surface area contributed by atoms with Gasteiger partial charge in [-0.3, -0.25) is 4.79 Å². The van der Waals surface area contributed by atoms with Crippen molar-refractivity contribution in [1.82, 2.24) is 5.32 Å². The average molecular weight is 262 g/mol. The highest BCUT2D eigenvalue weighted by Crippen LogP contribution is 2.11. The Labute approximate surface area is 114 Å². The van der Waals surface area contributed by atoms with E-state index in [2.05, 4.69) is 24.5 Å². The molecule has 0 aliphatic rings. The number of nitrogens with one attached hydrogen (secondary N) is 2. The van der Waals surface area contributed by atoms with E-state index in [0.29, 0.717) is 17.2 Å². The van der Waals surface area contributed by atoms with Crippen LogP contribution in [0.15, 0.2) is 24.3 Å². The molecule has 19 heavy (non-hydrogen) atoms. The van der Waals surface area contributed by atoms with Gasteiger partial charge in [-0.15, -0.1) is 0 Å². The molecular formula is C15H22N2O2. The molecule has 4 heteroatoms. The minimum absolute atomic E-state index is 0.0165. The van der Waals surface area contributed by atoms with Crippen LogP contribution in [0.3, 0.4) is 0 Å². The predicted molar refractivity (Wildman–Crippen MR) is 77.5 cm³/mol. The van der Waals surface area contributed by atoms with Crippen molar-refractivity contribution in [2.45, 2.75) is 40.2 Å². The number of carbonyl (C=O) groups is 2. The van der Waals surface area contributed by atoms with Crippen molar-refractivity contribution in [3.63, 3.8) is 0 Å². The normalized spacial score (nSPS) is 12.1. The Bertz CT molecular complexity index is 455. The van der Waals surface area contributed by atoms with E-state index in [1.807, 2.05) is 6.92 Å². The fourth-order valence-electron chi connectivity index (χ4n) is 1.97. The zero-order valence-electron chi connectivity index (χ0n) is 12.0. The fourth-order valence-corrected chi connectivity index (χ4v) is 1.97. The SMILES string of the molecule is CC(=O)c1cccc(NC(=O)NC(C)CC(C)C)c1. The number of amides is 2. The van der Waals surface area contributed by atoms with Gasteiger partial charge in [-0.1, -0.05) is 26.0 Å². The second kappa shape index (κ2) is 6.92. The quantitative estimate of drug-likeness (QED) is 0.798. The summed E-state index contributed by atoms with van der Waals surface area (Å²) < 4.78 is 0. The van der Waals surface area contributed by atoms with Crippen LogP contribution in [0.1, 0.15) is 44.5 Å². The summed E-state index contributed by atoms with van der Waals surface area (Å²) in [5, 5.41) is 5.61. The zero-order valence-corrected chi connectivity index (χ0v) is 12.0. The highest BCUT2D eigenvalue weighted by atomic mass is 16.2. The summed E-state index contributed by atoms with van der Waals surface area (Å²) in [5.41, 5.74) is 1.22. The number of rotatable bonds is 5. The minimum atomic E-state index is -0.242. The van der Waals surface area contributed by atoms with Crippen molar-refractivity contribution in [1.29, 1.82) is 0 Å². The van der Waals surface area contributed by atoms with Gasteiger partial charge in [0.1, 0.15) is 0 Å². The van der Waals surface area contributed by atoms with E-state index < -0.39 is 0 Å². The Kier molecular flexibility index (Phi) is 5.55. The van der Waals surface area contributed by atoms with Crippen molar-refractivity contribution >= 4 is 17.5 Å². The van der Waals surface area contributed by atoms with Crippen molar-refractivity contribution < 1.29 is 9.59 Å². The maximum atomic E-state index is 11.8. The number of urea groups is 1. The molecule has 1 aromatic carbocycles. The molecule has 0 spiro atoms. The van der Waals surface area contributed by atoms with E-state index in [1.165, 1.54) is 6.92 Å². The van der Waals surface area contributed by atoms with Gasteiger partial charge in [0.05, 0.1) is 0 Å². The summed E-state index contributed by atoms with van der Waals surface area (Å²) in [6.45, 7) is 7.72. The summed E-state index contributed by atoms with van der Waals surface area (Å²) in [7, 11) is 0. The van der Waals surface area contributed by atoms with Gasteiger partial charge in [0.15, 0.2) is 5.78 Å². The summed E-state index contributed by atoms with van der Waals surface area (Å²) >= 11 is 0. The summed E-state index contributed by atoms with van der Waals surface area (Å²) in [4.78, 5) is 23.0. The highest BCUT2D eigenvalue weighted by Gasteiger charge is 2.09. The standard InChI is InChI=1S/C15H22N2O2/c1-10(2)8-11(3)16-15(19)17-14-7-5-6-13(9-14)12(4)18/h5-7,9-11H,8H2,1-4H3,(H2,16,17,19). The van der Waals surface area contributed by atoms with Crippen LogP contribution in [-0.4, -0.2) is 17.9 Å². The number of anilines is 1. The molecule has 4 nitrogen and oxygen atoms in total. The smallest absolute Gasteiger partial charge is 0.319 e. The van der Waals surface area contributed by atoms with Crippen LogP contribution in [0, 0.1) is 5.92 Å². The Morgan fingerprint density at radius 3 is 2.47 bits per heavy atom. The molecule has 0 aromatic heterocycles. The summed E-state index contributed by atoms with van der Waals surface area (Å²) in [5.74, 6) is 0.522. The second-order valence-electron chi connectivity index (χ2n) is 5.27. The predicted octanol–water partition coefficient (Wildman–Crippen LogP) is 3.45. The van der Waals surface area contributed by atoms with Gasteiger partial charge in [0, 0.05) is 17.3 Å².